The van der Waals surface area contributed by atoms with Crippen LogP contribution in [0.1, 0.15) is 89.3 Å². The number of benzene rings is 1. The second-order valence-electron chi connectivity index (χ2n) is 11.7. The Balaban J connectivity index is 1.44. The van der Waals surface area contributed by atoms with Gasteiger partial charge in [0, 0.05) is 19.4 Å². The van der Waals surface area contributed by atoms with Crippen LogP contribution in [-0.4, -0.2) is 18.0 Å². The maximum atomic E-state index is 11.9. The third-order valence-corrected chi connectivity index (χ3v) is 9.93. The van der Waals surface area contributed by atoms with Crippen molar-refractivity contribution in [3.8, 4) is 5.75 Å². The van der Waals surface area contributed by atoms with Crippen molar-refractivity contribution in [1.29, 1.82) is 0 Å². The number of fused-ring (bicyclic) bond motifs is 7. The van der Waals surface area contributed by atoms with Gasteiger partial charge in [0.15, 0.2) is 0 Å². The van der Waals surface area contributed by atoms with Crippen molar-refractivity contribution in [1.82, 2.24) is 0 Å². The Morgan fingerprint density at radius 1 is 0.969 bits per heavy atom. The summed E-state index contributed by atoms with van der Waals surface area (Å²) in [7, 11) is 0. The number of esters is 2. The van der Waals surface area contributed by atoms with Crippen LogP contribution < -0.4 is 4.74 Å². The van der Waals surface area contributed by atoms with Crippen molar-refractivity contribution in [3.63, 3.8) is 0 Å². The van der Waals surface area contributed by atoms with Crippen LogP contribution in [0.2, 0.25) is 0 Å². The first-order valence-electron chi connectivity index (χ1n) is 12.6. The summed E-state index contributed by atoms with van der Waals surface area (Å²) in [6, 6.07) is 4.40. The Morgan fingerprint density at radius 2 is 1.75 bits per heavy atom. The molecule has 5 rings (SSSR count). The van der Waals surface area contributed by atoms with Gasteiger partial charge in [-0.1, -0.05) is 19.9 Å². The molecule has 174 valence electrons. The van der Waals surface area contributed by atoms with Crippen LogP contribution in [0.25, 0.3) is 0 Å². The Bertz CT molecular complexity index is 951. The molecule has 0 spiro atoms. The fraction of sp³-hybridized carbons (Fsp3) is 0.714. The van der Waals surface area contributed by atoms with E-state index in [0.29, 0.717) is 17.3 Å². The molecule has 4 nitrogen and oxygen atoms in total. The molecule has 4 aliphatic carbocycles. The Hall–Kier alpha value is -1.84. The van der Waals surface area contributed by atoms with Crippen LogP contribution in [0.15, 0.2) is 12.1 Å². The molecule has 0 amide bonds. The van der Waals surface area contributed by atoms with E-state index in [2.05, 4.69) is 32.9 Å². The maximum absolute atomic E-state index is 11.9. The third-order valence-electron chi connectivity index (χ3n) is 9.93. The van der Waals surface area contributed by atoms with Crippen LogP contribution in [-0.2, 0) is 26.2 Å². The summed E-state index contributed by atoms with van der Waals surface area (Å²) in [6.07, 6.45) is 9.37. The number of hydrogen-bond acceptors (Lipinski definition) is 4. The van der Waals surface area contributed by atoms with E-state index in [4.69, 9.17) is 9.47 Å². The zero-order valence-electron chi connectivity index (χ0n) is 20.3. The number of hydrogen-bond donors (Lipinski definition) is 0. The van der Waals surface area contributed by atoms with Gasteiger partial charge in [-0.15, -0.1) is 0 Å². The standard InChI is InChI=1S/C28H38O4/c1-16-12-19-14-24-22-7-6-20-15-21(31-17(2)29)8-10-27(20,4)23(22)9-11-28(24,5)26(19)25(13-16)32-18(3)30/h12-13,20-24H,6-11,14-15H2,1-5H3/t20-,21-,22-,23-,24-,27-,28+/m0/s1. The highest BCUT2D eigenvalue weighted by atomic mass is 16.5. The summed E-state index contributed by atoms with van der Waals surface area (Å²) < 4.78 is 11.4. The lowest BCUT2D eigenvalue weighted by atomic mass is 9.45. The summed E-state index contributed by atoms with van der Waals surface area (Å²) in [5, 5.41) is 0. The average Bonchev–Trinajstić information content (AvgIpc) is 2.99. The van der Waals surface area contributed by atoms with E-state index < -0.39 is 0 Å². The molecule has 0 unspecified atom stereocenters. The molecule has 0 bridgehead atoms. The van der Waals surface area contributed by atoms with Crippen LogP contribution in [0.3, 0.4) is 0 Å². The molecule has 0 N–H and O–H groups in total. The van der Waals surface area contributed by atoms with E-state index in [1.54, 1.807) is 0 Å². The lowest BCUT2D eigenvalue weighted by Gasteiger charge is -2.60. The fourth-order valence-electron chi connectivity index (χ4n) is 8.67. The van der Waals surface area contributed by atoms with Gasteiger partial charge in [-0.3, -0.25) is 9.59 Å². The van der Waals surface area contributed by atoms with Crippen molar-refractivity contribution < 1.29 is 19.1 Å². The van der Waals surface area contributed by atoms with Gasteiger partial charge in [-0.25, -0.2) is 0 Å². The summed E-state index contributed by atoms with van der Waals surface area (Å²) >= 11 is 0. The van der Waals surface area contributed by atoms with Crippen molar-refractivity contribution in [2.45, 2.75) is 97.5 Å². The highest BCUT2D eigenvalue weighted by Crippen LogP contribution is 2.66. The first-order valence-corrected chi connectivity index (χ1v) is 12.6. The van der Waals surface area contributed by atoms with Gasteiger partial charge in [0.2, 0.25) is 0 Å². The van der Waals surface area contributed by atoms with E-state index in [0.717, 1.165) is 36.8 Å². The SMILES string of the molecule is CC(=O)Oc1cc(C)cc2c1[C@]1(C)CC[C@H]3[C@H](CC[C@H]4C[C@@H](OC(C)=O)CC[C@@]43C)[C@@H]1C2. The quantitative estimate of drug-likeness (QED) is 0.426. The lowest BCUT2D eigenvalue weighted by molar-refractivity contribution is -0.157. The van der Waals surface area contributed by atoms with Crippen LogP contribution in [0.4, 0.5) is 0 Å². The van der Waals surface area contributed by atoms with E-state index in [1.807, 2.05) is 0 Å². The largest absolute Gasteiger partial charge is 0.463 e. The average molecular weight is 439 g/mol. The minimum Gasteiger partial charge on any atom is -0.463 e. The van der Waals surface area contributed by atoms with Crippen molar-refractivity contribution in [2.24, 2.45) is 29.1 Å². The van der Waals surface area contributed by atoms with E-state index in [1.165, 1.54) is 62.6 Å². The number of carbonyl (C=O) groups is 2. The number of ether oxygens (including phenoxy) is 2. The molecule has 3 saturated carbocycles. The zero-order chi connectivity index (χ0) is 22.8. The van der Waals surface area contributed by atoms with Gasteiger partial charge in [-0.2, -0.15) is 0 Å². The second kappa shape index (κ2) is 7.60. The topological polar surface area (TPSA) is 52.6 Å². The normalized spacial score (nSPS) is 39.8. The van der Waals surface area contributed by atoms with Gasteiger partial charge < -0.3 is 9.47 Å². The zero-order valence-corrected chi connectivity index (χ0v) is 20.3. The van der Waals surface area contributed by atoms with Gasteiger partial charge in [0.25, 0.3) is 0 Å². The van der Waals surface area contributed by atoms with Crippen molar-refractivity contribution in [3.05, 3.63) is 28.8 Å². The molecule has 1 aromatic rings. The van der Waals surface area contributed by atoms with E-state index in [-0.39, 0.29) is 23.5 Å². The Kier molecular flexibility index (Phi) is 5.22. The summed E-state index contributed by atoms with van der Waals surface area (Å²) in [5.41, 5.74) is 4.34. The predicted molar refractivity (Wildman–Crippen MR) is 123 cm³/mol. The molecule has 7 atom stereocenters. The summed E-state index contributed by atoms with van der Waals surface area (Å²) in [4.78, 5) is 23.4. The molecule has 32 heavy (non-hydrogen) atoms. The molecular formula is C28H38O4. The van der Waals surface area contributed by atoms with Crippen molar-refractivity contribution >= 4 is 11.9 Å². The van der Waals surface area contributed by atoms with Gasteiger partial charge in [-0.05, 0) is 110 Å². The molecule has 4 heteroatoms. The number of carbonyl (C=O) groups excluding carboxylic acids is 2. The monoisotopic (exact) mass is 438 g/mol. The molecule has 0 heterocycles. The van der Waals surface area contributed by atoms with Crippen LogP contribution in [0, 0.1) is 36.0 Å². The predicted octanol–water partition coefficient (Wildman–Crippen LogP) is 5.91. The Labute approximate surface area is 192 Å². The first kappa shape index (κ1) is 22.0. The van der Waals surface area contributed by atoms with Crippen molar-refractivity contribution in [2.75, 3.05) is 0 Å². The van der Waals surface area contributed by atoms with Crippen LogP contribution in [0.5, 0.6) is 5.75 Å². The molecule has 0 saturated heterocycles. The summed E-state index contributed by atoms with van der Waals surface area (Å²) in [6.45, 7) is 10.1. The lowest BCUT2D eigenvalue weighted by Crippen LogP contribution is -2.54. The van der Waals surface area contributed by atoms with Gasteiger partial charge >= 0.3 is 11.9 Å². The highest BCUT2D eigenvalue weighted by Gasteiger charge is 2.60. The van der Waals surface area contributed by atoms with E-state index in [9.17, 15) is 9.59 Å². The molecule has 1 aromatic carbocycles. The van der Waals surface area contributed by atoms with E-state index >= 15 is 0 Å². The molecule has 0 radical (unpaired) electrons. The van der Waals surface area contributed by atoms with Gasteiger partial charge in [0.1, 0.15) is 11.9 Å². The van der Waals surface area contributed by atoms with Gasteiger partial charge in [0.05, 0.1) is 0 Å². The molecule has 0 aliphatic heterocycles. The molecule has 0 aromatic heterocycles. The minimum absolute atomic E-state index is 0.0904. The second-order valence-corrected chi connectivity index (χ2v) is 11.7. The molecule has 3 fully saturated rings. The molecule has 4 aliphatic rings. The maximum Gasteiger partial charge on any atom is 0.308 e. The van der Waals surface area contributed by atoms with Crippen LogP contribution >= 0.6 is 0 Å². The highest BCUT2D eigenvalue weighted by molar-refractivity contribution is 5.71. The number of aryl methyl sites for hydroxylation is 1. The Morgan fingerprint density at radius 3 is 2.47 bits per heavy atom. The smallest absolute Gasteiger partial charge is 0.308 e. The fourth-order valence-corrected chi connectivity index (χ4v) is 8.67. The minimum atomic E-state index is -0.226. The first-order chi connectivity index (χ1) is 15.1. The number of rotatable bonds is 2. The third kappa shape index (κ3) is 3.31. The summed E-state index contributed by atoms with van der Waals surface area (Å²) in [5.74, 6) is 3.19. The molecular weight excluding hydrogens is 400 g/mol.